The number of carbonyl (C=O) groups excluding carboxylic acids is 1. The molecule has 3 aromatic rings. The normalized spacial score (nSPS) is 11.2. The number of anilines is 1. The van der Waals surface area contributed by atoms with Crippen molar-refractivity contribution in [2.45, 2.75) is 33.1 Å². The molecule has 0 atom stereocenters. The second-order valence-electron chi connectivity index (χ2n) is 5.38. The number of aromatic amines is 1. The van der Waals surface area contributed by atoms with Crippen molar-refractivity contribution in [2.24, 2.45) is 0 Å². The van der Waals surface area contributed by atoms with Crippen LogP contribution in [0.15, 0.2) is 30.5 Å². The van der Waals surface area contributed by atoms with Gasteiger partial charge in [0.25, 0.3) is 5.91 Å². The van der Waals surface area contributed by atoms with Crippen LogP contribution in [0, 0.1) is 0 Å². The molecule has 0 radical (unpaired) electrons. The predicted octanol–water partition coefficient (Wildman–Crippen LogP) is 3.15. The molecule has 2 heterocycles. The number of rotatable bonds is 4. The van der Waals surface area contributed by atoms with Gasteiger partial charge in [-0.2, -0.15) is 9.78 Å². The Bertz CT molecular complexity index is 828. The van der Waals surface area contributed by atoms with Crippen molar-refractivity contribution in [1.29, 1.82) is 0 Å². The first-order valence-electron chi connectivity index (χ1n) is 7.64. The highest BCUT2D eigenvalue weighted by atomic mass is 16.2. The molecule has 0 saturated heterocycles. The van der Waals surface area contributed by atoms with Crippen LogP contribution in [0.1, 0.15) is 41.9 Å². The van der Waals surface area contributed by atoms with E-state index in [-0.39, 0.29) is 5.91 Å². The molecule has 0 unspecified atom stereocenters. The number of hydrogen-bond donors (Lipinski definition) is 2. The van der Waals surface area contributed by atoms with Gasteiger partial charge in [-0.25, -0.2) is 0 Å². The number of aryl methyl sites for hydroxylation is 1. The van der Waals surface area contributed by atoms with Crippen molar-refractivity contribution in [3.8, 4) is 0 Å². The van der Waals surface area contributed by atoms with Crippen LogP contribution < -0.4 is 5.73 Å². The van der Waals surface area contributed by atoms with E-state index in [1.165, 1.54) is 4.68 Å². The third kappa shape index (κ3) is 2.19. The highest BCUT2D eigenvalue weighted by Crippen LogP contribution is 2.23. The lowest BCUT2D eigenvalue weighted by molar-refractivity contribution is 0.0949. The van der Waals surface area contributed by atoms with Gasteiger partial charge >= 0.3 is 0 Å². The molecule has 5 nitrogen and oxygen atoms in total. The highest BCUT2D eigenvalue weighted by molar-refractivity contribution is 6.08. The van der Waals surface area contributed by atoms with Gasteiger partial charge in [0, 0.05) is 22.7 Å². The van der Waals surface area contributed by atoms with Crippen LogP contribution in [0.5, 0.6) is 0 Å². The summed E-state index contributed by atoms with van der Waals surface area (Å²) in [5.74, 6) is 0.281. The molecule has 0 bridgehead atoms. The van der Waals surface area contributed by atoms with Crippen molar-refractivity contribution in [3.05, 3.63) is 47.3 Å². The number of H-pyrrole nitrogens is 1. The maximum Gasteiger partial charge on any atom is 0.280 e. The second-order valence-corrected chi connectivity index (χ2v) is 5.38. The Labute approximate surface area is 129 Å². The summed E-state index contributed by atoms with van der Waals surface area (Å²) in [5.41, 5.74) is 9.63. The average molecular weight is 296 g/mol. The summed E-state index contributed by atoms with van der Waals surface area (Å²) in [6.45, 7) is 4.13. The standard InChI is InChI=1S/C17H20N4O/c1-3-6-15-11(4-2)16(18)21(20-15)17(22)13-7-5-8-14-12(13)9-10-19-14/h5,7-10,19H,3-4,6,18H2,1-2H3. The molecule has 0 aliphatic heterocycles. The lowest BCUT2D eigenvalue weighted by atomic mass is 10.1. The number of nitrogens with two attached hydrogens (primary N) is 1. The smallest absolute Gasteiger partial charge is 0.280 e. The van der Waals surface area contributed by atoms with E-state index in [1.54, 1.807) is 0 Å². The number of aromatic nitrogens is 3. The molecule has 0 amide bonds. The maximum atomic E-state index is 12.9. The summed E-state index contributed by atoms with van der Waals surface area (Å²) in [4.78, 5) is 16.0. The molecular formula is C17H20N4O. The minimum Gasteiger partial charge on any atom is -0.383 e. The number of nitrogens with zero attached hydrogens (tertiary/aromatic N) is 2. The van der Waals surface area contributed by atoms with Crippen molar-refractivity contribution >= 4 is 22.6 Å². The van der Waals surface area contributed by atoms with Gasteiger partial charge < -0.3 is 10.7 Å². The molecule has 0 fully saturated rings. The highest BCUT2D eigenvalue weighted by Gasteiger charge is 2.20. The van der Waals surface area contributed by atoms with Gasteiger partial charge in [0.2, 0.25) is 0 Å². The van der Waals surface area contributed by atoms with Crippen molar-refractivity contribution in [1.82, 2.24) is 14.8 Å². The average Bonchev–Trinajstić information content (AvgIpc) is 3.11. The molecule has 0 aliphatic carbocycles. The van der Waals surface area contributed by atoms with E-state index in [9.17, 15) is 4.79 Å². The molecule has 2 aromatic heterocycles. The van der Waals surface area contributed by atoms with E-state index in [4.69, 9.17) is 5.73 Å². The van der Waals surface area contributed by atoms with E-state index in [2.05, 4.69) is 17.0 Å². The molecule has 5 heteroatoms. The Morgan fingerprint density at radius 3 is 2.86 bits per heavy atom. The number of hydrogen-bond acceptors (Lipinski definition) is 3. The van der Waals surface area contributed by atoms with Gasteiger partial charge in [-0.3, -0.25) is 4.79 Å². The summed E-state index contributed by atoms with van der Waals surface area (Å²) in [5, 5.41) is 5.36. The number of fused-ring (bicyclic) bond motifs is 1. The fourth-order valence-corrected chi connectivity index (χ4v) is 2.87. The summed E-state index contributed by atoms with van der Waals surface area (Å²) in [6, 6.07) is 7.51. The second kappa shape index (κ2) is 5.67. The van der Waals surface area contributed by atoms with Gasteiger partial charge in [0.05, 0.1) is 11.3 Å². The van der Waals surface area contributed by atoms with E-state index in [0.717, 1.165) is 41.4 Å². The van der Waals surface area contributed by atoms with Gasteiger partial charge in [-0.15, -0.1) is 0 Å². The molecule has 1 aromatic carbocycles. The largest absolute Gasteiger partial charge is 0.383 e. The number of benzene rings is 1. The fourth-order valence-electron chi connectivity index (χ4n) is 2.87. The zero-order valence-corrected chi connectivity index (χ0v) is 12.9. The maximum absolute atomic E-state index is 12.9. The Balaban J connectivity index is 2.11. The minimum absolute atomic E-state index is 0.181. The van der Waals surface area contributed by atoms with Gasteiger partial charge in [0.1, 0.15) is 5.82 Å². The van der Waals surface area contributed by atoms with E-state index in [1.807, 2.05) is 37.4 Å². The third-order valence-corrected chi connectivity index (χ3v) is 3.96. The van der Waals surface area contributed by atoms with Crippen molar-refractivity contribution in [3.63, 3.8) is 0 Å². The molecule has 0 saturated carbocycles. The first kappa shape index (κ1) is 14.4. The summed E-state index contributed by atoms with van der Waals surface area (Å²) in [7, 11) is 0. The zero-order chi connectivity index (χ0) is 15.7. The van der Waals surface area contributed by atoms with Crippen LogP contribution in [0.25, 0.3) is 10.9 Å². The molecular weight excluding hydrogens is 276 g/mol. The van der Waals surface area contributed by atoms with E-state index in [0.29, 0.717) is 11.4 Å². The van der Waals surface area contributed by atoms with Crippen molar-refractivity contribution in [2.75, 3.05) is 5.73 Å². The van der Waals surface area contributed by atoms with Gasteiger partial charge in [-0.1, -0.05) is 26.3 Å². The quantitative estimate of drug-likeness (QED) is 0.776. The summed E-state index contributed by atoms with van der Waals surface area (Å²) in [6.07, 6.45) is 4.42. The minimum atomic E-state index is -0.181. The van der Waals surface area contributed by atoms with E-state index < -0.39 is 0 Å². The van der Waals surface area contributed by atoms with Crippen LogP contribution in [0.4, 0.5) is 5.82 Å². The first-order chi connectivity index (χ1) is 10.7. The molecule has 0 spiro atoms. The lowest BCUT2D eigenvalue weighted by Crippen LogP contribution is -2.16. The fraction of sp³-hybridized carbons (Fsp3) is 0.294. The van der Waals surface area contributed by atoms with Crippen LogP contribution in [0.2, 0.25) is 0 Å². The zero-order valence-electron chi connectivity index (χ0n) is 12.9. The molecule has 3 rings (SSSR count). The molecule has 3 N–H and O–H groups in total. The monoisotopic (exact) mass is 296 g/mol. The summed E-state index contributed by atoms with van der Waals surface area (Å²) < 4.78 is 1.35. The van der Waals surface area contributed by atoms with Gasteiger partial charge in [0.15, 0.2) is 0 Å². The number of nitrogens with one attached hydrogen (secondary N) is 1. The molecule has 114 valence electrons. The Morgan fingerprint density at radius 1 is 1.32 bits per heavy atom. The van der Waals surface area contributed by atoms with Crippen LogP contribution in [0.3, 0.4) is 0 Å². The Hall–Kier alpha value is -2.56. The van der Waals surface area contributed by atoms with Crippen molar-refractivity contribution < 1.29 is 4.79 Å². The topological polar surface area (TPSA) is 76.7 Å². The number of carbonyl (C=O) groups is 1. The Morgan fingerprint density at radius 2 is 2.14 bits per heavy atom. The first-order valence-corrected chi connectivity index (χ1v) is 7.64. The predicted molar refractivity (Wildman–Crippen MR) is 88.0 cm³/mol. The Kier molecular flexibility index (Phi) is 3.71. The van der Waals surface area contributed by atoms with Crippen LogP contribution in [-0.4, -0.2) is 20.7 Å². The molecule has 22 heavy (non-hydrogen) atoms. The number of nitrogen functional groups attached to an aromatic ring is 1. The lowest BCUT2D eigenvalue weighted by Gasteiger charge is -2.05. The van der Waals surface area contributed by atoms with Crippen LogP contribution in [-0.2, 0) is 12.8 Å². The van der Waals surface area contributed by atoms with E-state index >= 15 is 0 Å². The van der Waals surface area contributed by atoms with Crippen LogP contribution >= 0.6 is 0 Å². The molecule has 0 aliphatic rings. The summed E-state index contributed by atoms with van der Waals surface area (Å²) >= 11 is 0. The SMILES string of the molecule is CCCc1nn(C(=O)c2cccc3[nH]ccc23)c(N)c1CC. The third-order valence-electron chi connectivity index (χ3n) is 3.96. The van der Waals surface area contributed by atoms with Gasteiger partial charge in [-0.05, 0) is 31.0 Å².